The lowest BCUT2D eigenvalue weighted by molar-refractivity contribution is 0.0793. The second kappa shape index (κ2) is 10.3. The standard InChI is InChI=1S/C30H41F/c1-3-5-23-7-9-25(10-8-23)26-11-13-27(14-12-26)28-15-17-29(18-16-28)30(31)21-19-24(6-4-2)20-22-30/h11-18,23-25H,3-10,19-22H2,1-2H3. The lowest BCUT2D eigenvalue weighted by Crippen LogP contribution is -2.27. The molecule has 0 aromatic heterocycles. The summed E-state index contributed by atoms with van der Waals surface area (Å²) in [5.41, 5.74) is 3.71. The van der Waals surface area contributed by atoms with Crippen molar-refractivity contribution in [2.45, 2.75) is 102 Å². The fourth-order valence-corrected chi connectivity index (χ4v) is 6.22. The monoisotopic (exact) mass is 420 g/mol. The van der Waals surface area contributed by atoms with E-state index in [0.717, 1.165) is 36.2 Å². The number of alkyl halides is 1. The minimum atomic E-state index is -1.12. The summed E-state index contributed by atoms with van der Waals surface area (Å²) >= 11 is 0. The van der Waals surface area contributed by atoms with E-state index in [0.29, 0.717) is 12.8 Å². The first-order chi connectivity index (χ1) is 15.1. The van der Waals surface area contributed by atoms with Gasteiger partial charge in [-0.2, -0.15) is 0 Å². The van der Waals surface area contributed by atoms with Crippen LogP contribution in [-0.4, -0.2) is 0 Å². The van der Waals surface area contributed by atoms with Crippen molar-refractivity contribution in [3.05, 3.63) is 59.7 Å². The molecule has 0 nitrogen and oxygen atoms in total. The lowest BCUT2D eigenvalue weighted by Gasteiger charge is -2.34. The first-order valence-corrected chi connectivity index (χ1v) is 13.0. The van der Waals surface area contributed by atoms with Crippen LogP contribution in [0.15, 0.2) is 48.5 Å². The van der Waals surface area contributed by atoms with Crippen LogP contribution in [0, 0.1) is 11.8 Å². The molecule has 0 heterocycles. The summed E-state index contributed by atoms with van der Waals surface area (Å²) in [7, 11) is 0. The summed E-state index contributed by atoms with van der Waals surface area (Å²) < 4.78 is 15.6. The molecule has 2 saturated carbocycles. The van der Waals surface area contributed by atoms with Gasteiger partial charge in [-0.1, -0.05) is 88.1 Å². The molecule has 0 aliphatic heterocycles. The third-order valence-electron chi connectivity index (χ3n) is 8.26. The van der Waals surface area contributed by atoms with Gasteiger partial charge in [0.1, 0.15) is 5.67 Å². The van der Waals surface area contributed by atoms with Gasteiger partial charge in [0.15, 0.2) is 0 Å². The van der Waals surface area contributed by atoms with E-state index >= 15 is 4.39 Å². The molecule has 168 valence electrons. The molecule has 2 fully saturated rings. The molecule has 31 heavy (non-hydrogen) atoms. The molecule has 0 atom stereocenters. The van der Waals surface area contributed by atoms with E-state index < -0.39 is 5.67 Å². The van der Waals surface area contributed by atoms with Crippen LogP contribution in [0.2, 0.25) is 0 Å². The Morgan fingerprint density at radius 2 is 1.16 bits per heavy atom. The highest BCUT2D eigenvalue weighted by Crippen LogP contribution is 2.44. The predicted molar refractivity (Wildman–Crippen MR) is 131 cm³/mol. The van der Waals surface area contributed by atoms with E-state index in [-0.39, 0.29) is 0 Å². The third-order valence-corrected chi connectivity index (χ3v) is 8.26. The van der Waals surface area contributed by atoms with Gasteiger partial charge in [-0.15, -0.1) is 0 Å². The van der Waals surface area contributed by atoms with Gasteiger partial charge in [0.25, 0.3) is 0 Å². The highest BCUT2D eigenvalue weighted by atomic mass is 19.1. The van der Waals surface area contributed by atoms with Crippen LogP contribution in [0.25, 0.3) is 11.1 Å². The van der Waals surface area contributed by atoms with Crippen LogP contribution in [-0.2, 0) is 5.67 Å². The zero-order valence-corrected chi connectivity index (χ0v) is 19.7. The van der Waals surface area contributed by atoms with Crippen LogP contribution >= 0.6 is 0 Å². The van der Waals surface area contributed by atoms with Crippen molar-refractivity contribution in [1.29, 1.82) is 0 Å². The van der Waals surface area contributed by atoms with E-state index in [9.17, 15) is 0 Å². The van der Waals surface area contributed by atoms with Gasteiger partial charge >= 0.3 is 0 Å². The number of rotatable bonds is 7. The van der Waals surface area contributed by atoms with Gasteiger partial charge < -0.3 is 0 Å². The summed E-state index contributed by atoms with van der Waals surface area (Å²) in [6.07, 6.45) is 14.1. The van der Waals surface area contributed by atoms with Crippen molar-refractivity contribution in [2.75, 3.05) is 0 Å². The largest absolute Gasteiger partial charge is 0.239 e. The summed E-state index contributed by atoms with van der Waals surface area (Å²) in [5, 5.41) is 0. The molecule has 0 spiro atoms. The summed E-state index contributed by atoms with van der Waals surface area (Å²) in [6, 6.07) is 17.5. The average molecular weight is 421 g/mol. The van der Waals surface area contributed by atoms with Gasteiger partial charge in [-0.3, -0.25) is 0 Å². The third kappa shape index (κ3) is 5.41. The van der Waals surface area contributed by atoms with Gasteiger partial charge in [0.05, 0.1) is 0 Å². The lowest BCUT2D eigenvalue weighted by atomic mass is 9.75. The van der Waals surface area contributed by atoms with Crippen molar-refractivity contribution in [3.8, 4) is 11.1 Å². The number of benzene rings is 2. The summed E-state index contributed by atoms with van der Waals surface area (Å²) in [5.74, 6) is 2.42. The maximum Gasteiger partial charge on any atom is 0.136 e. The van der Waals surface area contributed by atoms with E-state index in [2.05, 4.69) is 50.2 Å². The molecule has 0 amide bonds. The Labute approximate surface area is 189 Å². The fraction of sp³-hybridized carbons (Fsp3) is 0.600. The molecule has 0 unspecified atom stereocenters. The highest BCUT2D eigenvalue weighted by Gasteiger charge is 2.36. The summed E-state index contributed by atoms with van der Waals surface area (Å²) in [4.78, 5) is 0. The average Bonchev–Trinajstić information content (AvgIpc) is 2.82. The van der Waals surface area contributed by atoms with Crippen LogP contribution in [0.1, 0.15) is 108 Å². The Morgan fingerprint density at radius 3 is 1.68 bits per heavy atom. The van der Waals surface area contributed by atoms with Crippen LogP contribution < -0.4 is 0 Å². The Bertz CT molecular complexity index is 787. The van der Waals surface area contributed by atoms with Crippen molar-refractivity contribution < 1.29 is 4.39 Å². The maximum absolute atomic E-state index is 15.6. The van der Waals surface area contributed by atoms with Crippen LogP contribution in [0.3, 0.4) is 0 Å². The minimum Gasteiger partial charge on any atom is -0.239 e. The molecule has 0 saturated heterocycles. The second-order valence-electron chi connectivity index (χ2n) is 10.4. The highest BCUT2D eigenvalue weighted by molar-refractivity contribution is 5.64. The molecule has 0 bridgehead atoms. The topological polar surface area (TPSA) is 0 Å². The zero-order valence-electron chi connectivity index (χ0n) is 19.7. The molecular formula is C30H41F. The Balaban J connectivity index is 1.37. The Hall–Kier alpha value is -1.63. The molecule has 1 heteroatoms. The van der Waals surface area contributed by atoms with E-state index in [1.807, 2.05) is 12.1 Å². The zero-order chi connectivity index (χ0) is 21.7. The second-order valence-corrected chi connectivity index (χ2v) is 10.4. The quantitative estimate of drug-likeness (QED) is 0.418. The number of hydrogen-bond acceptors (Lipinski definition) is 0. The first kappa shape index (κ1) is 22.6. The van der Waals surface area contributed by atoms with Crippen LogP contribution in [0.4, 0.5) is 4.39 Å². The van der Waals surface area contributed by atoms with Crippen molar-refractivity contribution in [2.24, 2.45) is 11.8 Å². The van der Waals surface area contributed by atoms with E-state index in [1.165, 1.54) is 68.1 Å². The van der Waals surface area contributed by atoms with Gasteiger partial charge in [0, 0.05) is 0 Å². The molecule has 2 aromatic rings. The maximum atomic E-state index is 15.6. The first-order valence-electron chi connectivity index (χ1n) is 13.0. The van der Waals surface area contributed by atoms with E-state index in [1.54, 1.807) is 0 Å². The minimum absolute atomic E-state index is 0.687. The molecular weight excluding hydrogens is 379 g/mol. The van der Waals surface area contributed by atoms with Crippen molar-refractivity contribution in [3.63, 3.8) is 0 Å². The van der Waals surface area contributed by atoms with E-state index in [4.69, 9.17) is 0 Å². The van der Waals surface area contributed by atoms with Gasteiger partial charge in [-0.05, 0) is 91.4 Å². The van der Waals surface area contributed by atoms with Gasteiger partial charge in [-0.25, -0.2) is 4.39 Å². The number of hydrogen-bond donors (Lipinski definition) is 0. The SMILES string of the molecule is CCCC1CCC(c2ccc(-c3ccc(C4(F)CCC(CCC)CC4)cc3)cc2)CC1. The molecule has 4 rings (SSSR count). The molecule has 0 N–H and O–H groups in total. The smallest absolute Gasteiger partial charge is 0.136 e. The predicted octanol–water partition coefficient (Wildman–Crippen LogP) is 9.58. The summed E-state index contributed by atoms with van der Waals surface area (Å²) in [6.45, 7) is 4.55. The van der Waals surface area contributed by atoms with Gasteiger partial charge in [0.2, 0.25) is 0 Å². The molecule has 2 aliphatic carbocycles. The van der Waals surface area contributed by atoms with Crippen LogP contribution in [0.5, 0.6) is 0 Å². The molecule has 2 aromatic carbocycles. The number of halogens is 1. The normalized spacial score (nSPS) is 29.1. The fourth-order valence-electron chi connectivity index (χ4n) is 6.22. The Kier molecular flexibility index (Phi) is 7.51. The Morgan fingerprint density at radius 1 is 0.677 bits per heavy atom. The van der Waals surface area contributed by atoms with Crippen molar-refractivity contribution >= 4 is 0 Å². The molecule has 2 aliphatic rings. The van der Waals surface area contributed by atoms with Crippen molar-refractivity contribution in [1.82, 2.24) is 0 Å². The molecule has 0 radical (unpaired) electrons.